The Labute approximate surface area is 149 Å². The van der Waals surface area contributed by atoms with E-state index in [1.807, 2.05) is 49.4 Å². The van der Waals surface area contributed by atoms with Crippen LogP contribution in [0.4, 0.5) is 0 Å². The number of benzene rings is 2. The number of carbonyl (C=O) groups is 1. The van der Waals surface area contributed by atoms with E-state index in [9.17, 15) is 4.79 Å². The summed E-state index contributed by atoms with van der Waals surface area (Å²) in [7, 11) is 0. The van der Waals surface area contributed by atoms with Crippen LogP contribution in [0.2, 0.25) is 0 Å². The molecule has 24 heavy (non-hydrogen) atoms. The van der Waals surface area contributed by atoms with Crippen LogP contribution in [0, 0.1) is 0 Å². The van der Waals surface area contributed by atoms with Crippen molar-refractivity contribution in [1.82, 2.24) is 5.32 Å². The highest BCUT2D eigenvalue weighted by Crippen LogP contribution is 2.32. The van der Waals surface area contributed by atoms with Crippen LogP contribution in [0.1, 0.15) is 18.9 Å². The van der Waals surface area contributed by atoms with Crippen LogP contribution < -0.4 is 19.5 Å². The van der Waals surface area contributed by atoms with Gasteiger partial charge in [-0.25, -0.2) is 0 Å². The van der Waals surface area contributed by atoms with Crippen LogP contribution in [0.5, 0.6) is 17.2 Å². The van der Waals surface area contributed by atoms with E-state index >= 15 is 0 Å². The fourth-order valence-electron chi connectivity index (χ4n) is 2.35. The third-order valence-corrected chi connectivity index (χ3v) is 4.19. The summed E-state index contributed by atoms with van der Waals surface area (Å²) in [5.41, 5.74) is 0.950. The first-order chi connectivity index (χ1) is 11.7. The summed E-state index contributed by atoms with van der Waals surface area (Å²) in [4.78, 5) is 12.4. The Hall–Kier alpha value is -2.21. The van der Waals surface area contributed by atoms with Crippen molar-refractivity contribution in [3.8, 4) is 17.2 Å². The molecule has 1 aliphatic heterocycles. The van der Waals surface area contributed by atoms with Gasteiger partial charge >= 0.3 is 0 Å². The molecule has 1 aliphatic rings. The van der Waals surface area contributed by atoms with E-state index in [-0.39, 0.29) is 12.7 Å². The van der Waals surface area contributed by atoms with Gasteiger partial charge in [-0.3, -0.25) is 4.79 Å². The minimum absolute atomic E-state index is 0.141. The van der Waals surface area contributed by atoms with Gasteiger partial charge in [-0.1, -0.05) is 28.9 Å². The van der Waals surface area contributed by atoms with Crippen LogP contribution in [0.15, 0.2) is 46.9 Å². The van der Waals surface area contributed by atoms with Gasteiger partial charge in [0.1, 0.15) is 5.75 Å². The highest BCUT2D eigenvalue weighted by Gasteiger charge is 2.19. The molecule has 0 saturated carbocycles. The summed E-state index contributed by atoms with van der Waals surface area (Å²) >= 11 is 3.38. The monoisotopic (exact) mass is 391 g/mol. The fraction of sp³-hybridized carbons (Fsp3) is 0.278. The van der Waals surface area contributed by atoms with Gasteiger partial charge in [0, 0.05) is 11.0 Å². The number of hydrogen-bond acceptors (Lipinski definition) is 4. The minimum atomic E-state index is -0.528. The molecular weight excluding hydrogens is 374 g/mol. The maximum atomic E-state index is 12.4. The number of nitrogens with one attached hydrogen (secondary N) is 1. The molecule has 1 N–H and O–H groups in total. The van der Waals surface area contributed by atoms with Gasteiger partial charge in [-0.2, -0.15) is 0 Å². The van der Waals surface area contributed by atoms with Gasteiger partial charge in [-0.15, -0.1) is 0 Å². The van der Waals surface area contributed by atoms with E-state index in [0.717, 1.165) is 15.8 Å². The Bertz CT molecular complexity index is 717. The predicted octanol–water partition coefficient (Wildman–Crippen LogP) is 3.65. The summed E-state index contributed by atoms with van der Waals surface area (Å²) in [6, 6.07) is 13.1. The quantitative estimate of drug-likeness (QED) is 0.816. The van der Waals surface area contributed by atoms with Gasteiger partial charge in [-0.05, 0) is 48.4 Å². The Morgan fingerprint density at radius 3 is 2.71 bits per heavy atom. The van der Waals surface area contributed by atoms with E-state index in [0.29, 0.717) is 24.5 Å². The van der Waals surface area contributed by atoms with E-state index < -0.39 is 6.10 Å². The number of carbonyl (C=O) groups excluding carboxylic acids is 1. The van der Waals surface area contributed by atoms with Crippen LogP contribution in [0.3, 0.4) is 0 Å². The topological polar surface area (TPSA) is 56.8 Å². The zero-order chi connectivity index (χ0) is 16.9. The smallest absolute Gasteiger partial charge is 0.261 e. The van der Waals surface area contributed by atoms with E-state index in [1.165, 1.54) is 0 Å². The summed E-state index contributed by atoms with van der Waals surface area (Å²) in [6.45, 7) is 2.57. The van der Waals surface area contributed by atoms with Crippen LogP contribution in [-0.4, -0.2) is 18.8 Å². The van der Waals surface area contributed by atoms with E-state index in [1.54, 1.807) is 0 Å². The second kappa shape index (κ2) is 7.57. The molecule has 0 spiro atoms. The maximum Gasteiger partial charge on any atom is 0.261 e. The first-order valence-electron chi connectivity index (χ1n) is 7.74. The third-order valence-electron chi connectivity index (χ3n) is 3.66. The molecule has 0 bridgehead atoms. The standard InChI is InChI=1S/C18H18BrNO4/c1-2-15(24-14-6-4-13(19)5-7-14)18(21)20-10-12-3-8-16-17(9-12)23-11-22-16/h3-9,15H,2,10-11H2,1H3,(H,20,21)/t15-/m1/s1. The number of halogens is 1. The molecule has 0 aromatic heterocycles. The van der Waals surface area contributed by atoms with Crippen LogP contribution in [-0.2, 0) is 11.3 Å². The fourth-order valence-corrected chi connectivity index (χ4v) is 2.62. The number of hydrogen-bond donors (Lipinski definition) is 1. The Morgan fingerprint density at radius 1 is 1.21 bits per heavy atom. The molecular formula is C18H18BrNO4. The first-order valence-corrected chi connectivity index (χ1v) is 8.53. The number of amides is 1. The van der Waals surface area contributed by atoms with Crippen LogP contribution in [0.25, 0.3) is 0 Å². The van der Waals surface area contributed by atoms with Gasteiger partial charge in [0.05, 0.1) is 0 Å². The minimum Gasteiger partial charge on any atom is -0.481 e. The van der Waals surface area contributed by atoms with E-state index in [4.69, 9.17) is 14.2 Å². The molecule has 2 aromatic carbocycles. The second-order valence-electron chi connectivity index (χ2n) is 5.37. The normalized spacial score (nSPS) is 13.4. The van der Waals surface area contributed by atoms with Crippen LogP contribution >= 0.6 is 15.9 Å². The van der Waals surface area contributed by atoms with E-state index in [2.05, 4.69) is 21.2 Å². The van der Waals surface area contributed by atoms with Crippen molar-refractivity contribution in [2.24, 2.45) is 0 Å². The lowest BCUT2D eigenvalue weighted by Crippen LogP contribution is -2.37. The molecule has 0 radical (unpaired) electrons. The van der Waals surface area contributed by atoms with Gasteiger partial charge in [0.15, 0.2) is 17.6 Å². The van der Waals surface area contributed by atoms with Crippen molar-refractivity contribution in [1.29, 1.82) is 0 Å². The zero-order valence-electron chi connectivity index (χ0n) is 13.3. The predicted molar refractivity (Wildman–Crippen MR) is 93.3 cm³/mol. The molecule has 1 amide bonds. The second-order valence-corrected chi connectivity index (χ2v) is 6.29. The number of rotatable bonds is 6. The maximum absolute atomic E-state index is 12.4. The third kappa shape index (κ3) is 4.00. The molecule has 0 unspecified atom stereocenters. The summed E-state index contributed by atoms with van der Waals surface area (Å²) in [6.07, 6.45) is 0.0587. The van der Waals surface area contributed by atoms with Gasteiger partial charge in [0.25, 0.3) is 5.91 Å². The van der Waals surface area contributed by atoms with Crippen molar-refractivity contribution >= 4 is 21.8 Å². The Balaban J connectivity index is 1.57. The molecule has 5 nitrogen and oxygen atoms in total. The average molecular weight is 392 g/mol. The molecule has 126 valence electrons. The SMILES string of the molecule is CC[C@@H](Oc1ccc(Br)cc1)C(=O)NCc1ccc2c(c1)OCO2. The largest absolute Gasteiger partial charge is 0.481 e. The van der Waals surface area contributed by atoms with Crippen molar-refractivity contribution in [3.63, 3.8) is 0 Å². The lowest BCUT2D eigenvalue weighted by Gasteiger charge is -2.17. The van der Waals surface area contributed by atoms with Crippen molar-refractivity contribution in [3.05, 3.63) is 52.5 Å². The summed E-state index contributed by atoms with van der Waals surface area (Å²) < 4.78 is 17.3. The molecule has 3 rings (SSSR count). The zero-order valence-corrected chi connectivity index (χ0v) is 14.8. The average Bonchev–Trinajstić information content (AvgIpc) is 3.07. The molecule has 2 aromatic rings. The molecule has 1 heterocycles. The summed E-state index contributed by atoms with van der Waals surface area (Å²) in [5.74, 6) is 1.97. The number of fused-ring (bicyclic) bond motifs is 1. The lowest BCUT2D eigenvalue weighted by atomic mass is 10.2. The highest BCUT2D eigenvalue weighted by atomic mass is 79.9. The van der Waals surface area contributed by atoms with Gasteiger partial charge < -0.3 is 19.5 Å². The van der Waals surface area contributed by atoms with Crippen molar-refractivity contribution in [2.45, 2.75) is 26.0 Å². The summed E-state index contributed by atoms with van der Waals surface area (Å²) in [5, 5.41) is 2.90. The van der Waals surface area contributed by atoms with Crippen molar-refractivity contribution < 1.29 is 19.0 Å². The molecule has 1 atom stereocenters. The molecule has 0 saturated heterocycles. The Morgan fingerprint density at radius 2 is 1.96 bits per heavy atom. The number of ether oxygens (including phenoxy) is 3. The molecule has 0 fully saturated rings. The molecule has 6 heteroatoms. The Kier molecular flexibility index (Phi) is 5.25. The first kappa shape index (κ1) is 16.6. The molecule has 0 aliphatic carbocycles. The van der Waals surface area contributed by atoms with Crippen molar-refractivity contribution in [2.75, 3.05) is 6.79 Å². The highest BCUT2D eigenvalue weighted by molar-refractivity contribution is 9.10. The van der Waals surface area contributed by atoms with Gasteiger partial charge in [0.2, 0.25) is 6.79 Å². The lowest BCUT2D eigenvalue weighted by molar-refractivity contribution is -0.128.